The van der Waals surface area contributed by atoms with E-state index in [0.29, 0.717) is 23.7 Å². The molecule has 2 heterocycles. The molecule has 2 N–H and O–H groups in total. The fourth-order valence-electron chi connectivity index (χ4n) is 3.33. The van der Waals surface area contributed by atoms with E-state index in [1.807, 2.05) is 13.8 Å². The van der Waals surface area contributed by atoms with E-state index in [0.717, 1.165) is 30.8 Å². The lowest BCUT2D eigenvalue weighted by Gasteiger charge is -2.20. The second-order valence-corrected chi connectivity index (χ2v) is 6.44. The number of nitrogens with zero attached hydrogens (tertiary/aromatic N) is 1. The molecule has 1 fully saturated rings. The predicted octanol–water partition coefficient (Wildman–Crippen LogP) is 2.30. The molecular weight excluding hydrogens is 278 g/mol. The highest BCUT2D eigenvalue weighted by Gasteiger charge is 2.28. The third kappa shape index (κ3) is 3.24. The number of carbonyl (C=O) groups excluding carboxylic acids is 2. The van der Waals surface area contributed by atoms with Gasteiger partial charge in [-0.05, 0) is 46.1 Å². The van der Waals surface area contributed by atoms with Crippen LogP contribution in [0.3, 0.4) is 0 Å². The highest BCUT2D eigenvalue weighted by molar-refractivity contribution is 6.02. The number of likely N-dealkylation sites (tertiary alicyclic amines) is 1. The van der Waals surface area contributed by atoms with Gasteiger partial charge in [-0.1, -0.05) is 6.92 Å². The van der Waals surface area contributed by atoms with Crippen molar-refractivity contribution in [3.05, 3.63) is 22.5 Å². The van der Waals surface area contributed by atoms with E-state index in [-0.39, 0.29) is 17.7 Å². The minimum Gasteiger partial charge on any atom is -0.354 e. The molecule has 0 spiro atoms. The normalized spacial score (nSPS) is 18.9. The molecule has 1 amide bonds. The molecule has 2 rings (SSSR count). The lowest BCUT2D eigenvalue weighted by atomic mass is 10.0. The van der Waals surface area contributed by atoms with E-state index in [1.165, 1.54) is 0 Å². The van der Waals surface area contributed by atoms with Crippen molar-refractivity contribution in [1.29, 1.82) is 0 Å². The summed E-state index contributed by atoms with van der Waals surface area (Å²) in [6.45, 7) is 11.6. The molecule has 0 bridgehead atoms. The SMILES string of the molecule is CCc1c(C(=O)N[C@H]2CCN(C(C)C)C2)[nH]c(C)c1C(C)=O. The van der Waals surface area contributed by atoms with Crippen molar-refractivity contribution < 1.29 is 9.59 Å². The first-order valence-corrected chi connectivity index (χ1v) is 8.12. The second-order valence-electron chi connectivity index (χ2n) is 6.44. The molecule has 0 saturated carbocycles. The van der Waals surface area contributed by atoms with E-state index < -0.39 is 0 Å². The summed E-state index contributed by atoms with van der Waals surface area (Å²) in [4.78, 5) is 29.8. The molecule has 0 aromatic carbocycles. The molecular formula is C17H27N3O2. The van der Waals surface area contributed by atoms with Crippen LogP contribution in [0.2, 0.25) is 0 Å². The number of carbonyl (C=O) groups is 2. The number of amides is 1. The molecule has 1 aromatic rings. The van der Waals surface area contributed by atoms with E-state index >= 15 is 0 Å². The van der Waals surface area contributed by atoms with Crippen LogP contribution in [0.15, 0.2) is 0 Å². The minimum absolute atomic E-state index is 0.0106. The smallest absolute Gasteiger partial charge is 0.268 e. The van der Waals surface area contributed by atoms with Crippen molar-refractivity contribution in [3.63, 3.8) is 0 Å². The summed E-state index contributed by atoms with van der Waals surface area (Å²) in [5.41, 5.74) is 2.84. The first kappa shape index (κ1) is 16.7. The molecule has 22 heavy (non-hydrogen) atoms. The van der Waals surface area contributed by atoms with Gasteiger partial charge < -0.3 is 10.3 Å². The molecule has 0 unspecified atom stereocenters. The third-order valence-electron chi connectivity index (χ3n) is 4.51. The van der Waals surface area contributed by atoms with Crippen LogP contribution in [0.4, 0.5) is 0 Å². The van der Waals surface area contributed by atoms with E-state index in [9.17, 15) is 9.59 Å². The monoisotopic (exact) mass is 305 g/mol. The van der Waals surface area contributed by atoms with Gasteiger partial charge in [0.15, 0.2) is 5.78 Å². The summed E-state index contributed by atoms with van der Waals surface area (Å²) in [6, 6.07) is 0.689. The number of Topliss-reactive ketones (excluding diaryl/α,β-unsaturated/α-hetero) is 1. The Morgan fingerprint density at radius 2 is 2.09 bits per heavy atom. The van der Waals surface area contributed by atoms with Gasteiger partial charge in [0.2, 0.25) is 0 Å². The van der Waals surface area contributed by atoms with Crippen LogP contribution < -0.4 is 5.32 Å². The first-order chi connectivity index (χ1) is 10.3. The molecule has 5 heteroatoms. The fourth-order valence-corrected chi connectivity index (χ4v) is 3.33. The molecule has 1 aliphatic rings. The summed E-state index contributed by atoms with van der Waals surface area (Å²) in [6.07, 6.45) is 1.65. The highest BCUT2D eigenvalue weighted by atomic mass is 16.2. The number of H-pyrrole nitrogens is 1. The number of hydrogen-bond donors (Lipinski definition) is 2. The van der Waals surface area contributed by atoms with Crippen molar-refractivity contribution in [2.45, 2.75) is 59.5 Å². The minimum atomic E-state index is -0.0944. The number of ketones is 1. The zero-order chi connectivity index (χ0) is 16.4. The maximum Gasteiger partial charge on any atom is 0.268 e. The second kappa shape index (κ2) is 6.65. The first-order valence-electron chi connectivity index (χ1n) is 8.12. The Hall–Kier alpha value is -1.62. The fraction of sp³-hybridized carbons (Fsp3) is 0.647. The standard InChI is InChI=1S/C17H27N3O2/c1-6-14-15(12(5)21)11(4)18-16(14)17(22)19-13-7-8-20(9-13)10(2)3/h10,13,18H,6-9H2,1-5H3,(H,19,22)/t13-/m0/s1. The summed E-state index contributed by atoms with van der Waals surface area (Å²) in [7, 11) is 0. The van der Waals surface area contributed by atoms with Crippen LogP contribution in [-0.2, 0) is 6.42 Å². The number of rotatable bonds is 5. The van der Waals surface area contributed by atoms with E-state index in [4.69, 9.17) is 0 Å². The number of hydrogen-bond acceptors (Lipinski definition) is 3. The molecule has 1 aromatic heterocycles. The lowest BCUT2D eigenvalue weighted by molar-refractivity contribution is 0.0931. The van der Waals surface area contributed by atoms with E-state index in [2.05, 4.69) is 29.0 Å². The number of aromatic nitrogens is 1. The van der Waals surface area contributed by atoms with Crippen molar-refractivity contribution in [3.8, 4) is 0 Å². The van der Waals surface area contributed by atoms with Crippen LogP contribution in [0.5, 0.6) is 0 Å². The largest absolute Gasteiger partial charge is 0.354 e. The lowest BCUT2D eigenvalue weighted by Crippen LogP contribution is -2.39. The van der Waals surface area contributed by atoms with Gasteiger partial charge in [0.25, 0.3) is 5.91 Å². The third-order valence-corrected chi connectivity index (χ3v) is 4.51. The Bertz CT molecular complexity index is 575. The van der Waals surface area contributed by atoms with Crippen LogP contribution in [-0.4, -0.2) is 46.7 Å². The quantitative estimate of drug-likeness (QED) is 0.820. The van der Waals surface area contributed by atoms with Crippen molar-refractivity contribution in [2.24, 2.45) is 0 Å². The Morgan fingerprint density at radius 1 is 1.41 bits per heavy atom. The van der Waals surface area contributed by atoms with Gasteiger partial charge in [-0.3, -0.25) is 14.5 Å². The maximum atomic E-state index is 12.6. The Kier molecular flexibility index (Phi) is 5.06. The van der Waals surface area contributed by atoms with Gasteiger partial charge in [0.05, 0.1) is 0 Å². The Morgan fingerprint density at radius 3 is 2.59 bits per heavy atom. The van der Waals surface area contributed by atoms with Gasteiger partial charge in [-0.2, -0.15) is 0 Å². The average molecular weight is 305 g/mol. The van der Waals surface area contributed by atoms with Crippen LogP contribution in [0.25, 0.3) is 0 Å². The summed E-state index contributed by atoms with van der Waals surface area (Å²) >= 11 is 0. The van der Waals surface area contributed by atoms with Crippen molar-refractivity contribution in [2.75, 3.05) is 13.1 Å². The Labute approximate surface area is 132 Å². The van der Waals surface area contributed by atoms with Crippen molar-refractivity contribution in [1.82, 2.24) is 15.2 Å². The molecule has 1 aliphatic heterocycles. The van der Waals surface area contributed by atoms with Gasteiger partial charge in [-0.25, -0.2) is 0 Å². The summed E-state index contributed by atoms with van der Waals surface area (Å²) < 4.78 is 0. The number of aryl methyl sites for hydroxylation is 1. The zero-order valence-electron chi connectivity index (χ0n) is 14.2. The summed E-state index contributed by atoms with van der Waals surface area (Å²) in [5.74, 6) is -0.0837. The average Bonchev–Trinajstić information content (AvgIpc) is 3.02. The van der Waals surface area contributed by atoms with E-state index in [1.54, 1.807) is 6.92 Å². The zero-order valence-corrected chi connectivity index (χ0v) is 14.2. The highest BCUT2D eigenvalue weighted by Crippen LogP contribution is 2.21. The van der Waals surface area contributed by atoms with Crippen LogP contribution in [0.1, 0.15) is 66.2 Å². The van der Waals surface area contributed by atoms with Gasteiger partial charge >= 0.3 is 0 Å². The van der Waals surface area contributed by atoms with Crippen molar-refractivity contribution >= 4 is 11.7 Å². The van der Waals surface area contributed by atoms with Crippen LogP contribution >= 0.6 is 0 Å². The number of nitrogens with one attached hydrogen (secondary N) is 2. The number of aromatic amines is 1. The van der Waals surface area contributed by atoms with Crippen LogP contribution in [0, 0.1) is 6.92 Å². The molecule has 0 aliphatic carbocycles. The maximum absolute atomic E-state index is 12.6. The topological polar surface area (TPSA) is 65.2 Å². The molecule has 1 saturated heterocycles. The van der Waals surface area contributed by atoms with Gasteiger partial charge in [0, 0.05) is 36.4 Å². The summed E-state index contributed by atoms with van der Waals surface area (Å²) in [5, 5.41) is 3.11. The van der Waals surface area contributed by atoms with Gasteiger partial charge in [0.1, 0.15) is 5.69 Å². The van der Waals surface area contributed by atoms with Gasteiger partial charge in [-0.15, -0.1) is 0 Å². The molecule has 5 nitrogen and oxygen atoms in total. The predicted molar refractivity (Wildman–Crippen MR) is 87.5 cm³/mol. The molecule has 122 valence electrons. The molecule has 1 atom stereocenters. The molecule has 0 radical (unpaired) electrons. The Balaban J connectivity index is 2.14.